The number of aryl methyl sites for hydroxylation is 2. The maximum Gasteiger partial charge on any atom is 0.125 e. The number of pyridine rings is 1. The van der Waals surface area contributed by atoms with Gasteiger partial charge in [0.25, 0.3) is 0 Å². The molecule has 0 radical (unpaired) electrons. The zero-order valence-corrected chi connectivity index (χ0v) is 13.1. The Bertz CT molecular complexity index is 777. The number of hydrogen-bond donors (Lipinski definition) is 0. The third kappa shape index (κ3) is 2.66. The molecule has 0 N–H and O–H groups in total. The van der Waals surface area contributed by atoms with E-state index in [0.29, 0.717) is 12.4 Å². The number of rotatable bonds is 4. The van der Waals surface area contributed by atoms with E-state index in [1.807, 2.05) is 12.3 Å². The largest absolute Gasteiger partial charge is 0.321 e. The van der Waals surface area contributed by atoms with Gasteiger partial charge in [-0.2, -0.15) is 0 Å². The number of imidazole rings is 1. The second-order valence-electron chi connectivity index (χ2n) is 5.20. The van der Waals surface area contributed by atoms with Crippen LogP contribution >= 0.6 is 11.6 Å². The van der Waals surface area contributed by atoms with E-state index in [1.165, 1.54) is 11.1 Å². The maximum absolute atomic E-state index is 6.08. The van der Waals surface area contributed by atoms with Crippen molar-refractivity contribution in [1.82, 2.24) is 14.5 Å². The van der Waals surface area contributed by atoms with Crippen molar-refractivity contribution in [3.63, 3.8) is 0 Å². The average molecular weight is 300 g/mol. The molecule has 0 fully saturated rings. The molecule has 3 rings (SSSR count). The molecule has 3 aromatic rings. The van der Waals surface area contributed by atoms with Gasteiger partial charge in [0.15, 0.2) is 0 Å². The Morgan fingerprint density at radius 2 is 2.10 bits per heavy atom. The number of aromatic nitrogens is 3. The zero-order chi connectivity index (χ0) is 14.8. The molecule has 2 aromatic heterocycles. The fourth-order valence-corrected chi connectivity index (χ4v) is 2.86. The summed E-state index contributed by atoms with van der Waals surface area (Å²) in [6, 6.07) is 10.4. The Labute approximate surface area is 129 Å². The molecule has 0 amide bonds. The van der Waals surface area contributed by atoms with Gasteiger partial charge < -0.3 is 4.57 Å². The second-order valence-corrected chi connectivity index (χ2v) is 5.47. The summed E-state index contributed by atoms with van der Waals surface area (Å²) in [4.78, 5) is 9.18. The minimum atomic E-state index is 0.405. The van der Waals surface area contributed by atoms with Crippen LogP contribution in [-0.4, -0.2) is 14.5 Å². The highest BCUT2D eigenvalue weighted by Gasteiger charge is 2.12. The van der Waals surface area contributed by atoms with Gasteiger partial charge in [-0.15, -0.1) is 11.6 Å². The van der Waals surface area contributed by atoms with Gasteiger partial charge in [0.1, 0.15) is 5.82 Å². The van der Waals surface area contributed by atoms with E-state index in [4.69, 9.17) is 11.6 Å². The van der Waals surface area contributed by atoms with Crippen molar-refractivity contribution in [3.05, 3.63) is 59.2 Å². The van der Waals surface area contributed by atoms with Crippen LogP contribution in [0.2, 0.25) is 0 Å². The molecular weight excluding hydrogens is 282 g/mol. The number of fused-ring (bicyclic) bond motifs is 1. The molecule has 108 valence electrons. The standard InChI is InChI=1S/C17H18ClN3/c1-3-13-5-4-8-19-15(13)11-21-16-7-6-12(2)9-14(16)20-17(21)10-18/h4-9H,3,10-11H2,1-2H3. The van der Waals surface area contributed by atoms with Crippen LogP contribution in [0.15, 0.2) is 36.5 Å². The van der Waals surface area contributed by atoms with Crippen LogP contribution in [0.3, 0.4) is 0 Å². The van der Waals surface area contributed by atoms with Gasteiger partial charge in [-0.1, -0.05) is 19.1 Å². The molecule has 0 aliphatic rings. The molecule has 0 bridgehead atoms. The highest BCUT2D eigenvalue weighted by Crippen LogP contribution is 2.21. The molecular formula is C17H18ClN3. The number of halogens is 1. The monoisotopic (exact) mass is 299 g/mol. The summed E-state index contributed by atoms with van der Waals surface area (Å²) >= 11 is 6.08. The van der Waals surface area contributed by atoms with Crippen molar-refractivity contribution in [2.75, 3.05) is 0 Å². The van der Waals surface area contributed by atoms with E-state index in [-0.39, 0.29) is 0 Å². The van der Waals surface area contributed by atoms with E-state index < -0.39 is 0 Å². The van der Waals surface area contributed by atoms with Crippen LogP contribution in [0.25, 0.3) is 11.0 Å². The fourth-order valence-electron chi connectivity index (χ4n) is 2.65. The van der Waals surface area contributed by atoms with Crippen molar-refractivity contribution in [2.45, 2.75) is 32.7 Å². The minimum Gasteiger partial charge on any atom is -0.321 e. The SMILES string of the molecule is CCc1cccnc1Cn1c(CCl)nc2cc(C)ccc21. The first-order chi connectivity index (χ1) is 10.2. The lowest BCUT2D eigenvalue weighted by atomic mass is 10.1. The molecule has 4 heteroatoms. The molecule has 3 nitrogen and oxygen atoms in total. The van der Waals surface area contributed by atoms with Crippen molar-refractivity contribution < 1.29 is 0 Å². The molecule has 0 aliphatic heterocycles. The summed E-state index contributed by atoms with van der Waals surface area (Å²) in [6.45, 7) is 4.94. The lowest BCUT2D eigenvalue weighted by Gasteiger charge is -2.10. The van der Waals surface area contributed by atoms with Crippen LogP contribution < -0.4 is 0 Å². The van der Waals surface area contributed by atoms with Crippen molar-refractivity contribution in [3.8, 4) is 0 Å². The Balaban J connectivity index is 2.11. The Hall–Kier alpha value is -1.87. The molecule has 0 spiro atoms. The normalized spacial score (nSPS) is 11.2. The van der Waals surface area contributed by atoms with Crippen molar-refractivity contribution in [2.24, 2.45) is 0 Å². The number of hydrogen-bond acceptors (Lipinski definition) is 2. The lowest BCUT2D eigenvalue weighted by molar-refractivity contribution is 0.747. The van der Waals surface area contributed by atoms with Crippen LogP contribution in [0.5, 0.6) is 0 Å². The van der Waals surface area contributed by atoms with Crippen LogP contribution in [0, 0.1) is 6.92 Å². The van der Waals surface area contributed by atoms with Gasteiger partial charge in [-0.3, -0.25) is 4.98 Å². The van der Waals surface area contributed by atoms with E-state index >= 15 is 0 Å². The molecule has 0 saturated heterocycles. The van der Waals surface area contributed by atoms with Gasteiger partial charge in [0, 0.05) is 6.20 Å². The van der Waals surface area contributed by atoms with Crippen molar-refractivity contribution >= 4 is 22.6 Å². The molecule has 1 aromatic carbocycles. The van der Waals surface area contributed by atoms with Crippen LogP contribution in [-0.2, 0) is 18.8 Å². The van der Waals surface area contributed by atoms with E-state index in [0.717, 1.165) is 29.0 Å². The molecule has 0 unspecified atom stereocenters. The summed E-state index contributed by atoms with van der Waals surface area (Å²) < 4.78 is 2.17. The van der Waals surface area contributed by atoms with Crippen molar-refractivity contribution in [1.29, 1.82) is 0 Å². The third-order valence-electron chi connectivity index (χ3n) is 3.78. The summed E-state index contributed by atoms with van der Waals surface area (Å²) in [6.07, 6.45) is 2.82. The molecule has 0 aliphatic carbocycles. The second kappa shape index (κ2) is 5.86. The summed E-state index contributed by atoms with van der Waals surface area (Å²) in [7, 11) is 0. The average Bonchev–Trinajstić information content (AvgIpc) is 2.84. The smallest absolute Gasteiger partial charge is 0.125 e. The number of benzene rings is 1. The Kier molecular flexibility index (Phi) is 3.93. The summed E-state index contributed by atoms with van der Waals surface area (Å²) in [5.41, 5.74) is 5.68. The highest BCUT2D eigenvalue weighted by atomic mass is 35.5. The van der Waals surface area contributed by atoms with Gasteiger partial charge >= 0.3 is 0 Å². The lowest BCUT2D eigenvalue weighted by Crippen LogP contribution is -2.07. The first-order valence-electron chi connectivity index (χ1n) is 7.17. The highest BCUT2D eigenvalue weighted by molar-refractivity contribution is 6.16. The van der Waals surface area contributed by atoms with Crippen LogP contribution in [0.1, 0.15) is 29.6 Å². The van der Waals surface area contributed by atoms with Gasteiger partial charge in [-0.25, -0.2) is 4.98 Å². The summed E-state index contributed by atoms with van der Waals surface area (Å²) in [5, 5.41) is 0. The predicted octanol–water partition coefficient (Wildman–Crippen LogP) is 4.09. The number of alkyl halides is 1. The zero-order valence-electron chi connectivity index (χ0n) is 12.3. The van der Waals surface area contributed by atoms with Crippen LogP contribution in [0.4, 0.5) is 0 Å². The van der Waals surface area contributed by atoms with E-state index in [2.05, 4.69) is 52.6 Å². The molecule has 21 heavy (non-hydrogen) atoms. The molecule has 0 atom stereocenters. The molecule has 2 heterocycles. The number of nitrogens with zero attached hydrogens (tertiary/aromatic N) is 3. The van der Waals surface area contributed by atoms with Gasteiger partial charge in [0.2, 0.25) is 0 Å². The van der Waals surface area contributed by atoms with Gasteiger partial charge in [0.05, 0.1) is 29.2 Å². The topological polar surface area (TPSA) is 30.7 Å². The predicted molar refractivity (Wildman–Crippen MR) is 86.7 cm³/mol. The van der Waals surface area contributed by atoms with Gasteiger partial charge in [-0.05, 0) is 42.7 Å². The van der Waals surface area contributed by atoms with E-state index in [9.17, 15) is 0 Å². The first kappa shape index (κ1) is 14.1. The maximum atomic E-state index is 6.08. The summed E-state index contributed by atoms with van der Waals surface area (Å²) in [5.74, 6) is 1.30. The fraction of sp³-hybridized carbons (Fsp3) is 0.294. The quantitative estimate of drug-likeness (QED) is 0.679. The Morgan fingerprint density at radius 1 is 1.24 bits per heavy atom. The minimum absolute atomic E-state index is 0.405. The molecule has 0 saturated carbocycles. The van der Waals surface area contributed by atoms with E-state index in [1.54, 1.807) is 0 Å². The first-order valence-corrected chi connectivity index (χ1v) is 7.71. The third-order valence-corrected chi connectivity index (χ3v) is 4.01. The Morgan fingerprint density at radius 3 is 2.86 bits per heavy atom.